The molecule has 2 aromatic rings. The van der Waals surface area contributed by atoms with Gasteiger partial charge in [0.25, 0.3) is 0 Å². The molecule has 0 fully saturated rings. The molecule has 1 N–H and O–H groups in total. The van der Waals surface area contributed by atoms with E-state index >= 15 is 0 Å². The van der Waals surface area contributed by atoms with Crippen molar-refractivity contribution in [2.75, 3.05) is 11.9 Å². The fourth-order valence-corrected chi connectivity index (χ4v) is 2.56. The first-order valence-corrected chi connectivity index (χ1v) is 7.34. The van der Waals surface area contributed by atoms with Gasteiger partial charge in [0.2, 0.25) is 0 Å². The van der Waals surface area contributed by atoms with Gasteiger partial charge in [0.1, 0.15) is 11.6 Å². The summed E-state index contributed by atoms with van der Waals surface area (Å²) in [7, 11) is 0. The SMILES string of the molecule is CCCc1nc(NCC)c(C)c(-c2ccsc2)n1. The minimum absolute atomic E-state index is 0.881. The molecule has 0 bridgehead atoms. The predicted molar refractivity (Wildman–Crippen MR) is 78.2 cm³/mol. The lowest BCUT2D eigenvalue weighted by molar-refractivity contribution is 0.833. The van der Waals surface area contributed by atoms with E-state index in [1.54, 1.807) is 11.3 Å². The number of nitrogens with zero attached hydrogens (tertiary/aromatic N) is 2. The molecule has 2 aromatic heterocycles. The van der Waals surface area contributed by atoms with Crippen LogP contribution >= 0.6 is 11.3 Å². The van der Waals surface area contributed by atoms with E-state index in [1.165, 1.54) is 5.56 Å². The molecule has 2 rings (SSSR count). The summed E-state index contributed by atoms with van der Waals surface area (Å²) in [6.45, 7) is 7.21. The van der Waals surface area contributed by atoms with Gasteiger partial charge < -0.3 is 5.32 Å². The van der Waals surface area contributed by atoms with Gasteiger partial charge in [-0.3, -0.25) is 0 Å². The molecule has 0 atom stereocenters. The van der Waals surface area contributed by atoms with Gasteiger partial charge >= 0.3 is 0 Å². The van der Waals surface area contributed by atoms with Crippen molar-refractivity contribution in [1.29, 1.82) is 0 Å². The van der Waals surface area contributed by atoms with E-state index in [0.29, 0.717) is 0 Å². The molecule has 0 spiro atoms. The van der Waals surface area contributed by atoms with Crippen LogP contribution in [0.3, 0.4) is 0 Å². The van der Waals surface area contributed by atoms with Crippen LogP contribution in [0, 0.1) is 6.92 Å². The number of hydrogen-bond donors (Lipinski definition) is 1. The molecule has 0 aliphatic heterocycles. The van der Waals surface area contributed by atoms with Gasteiger partial charge in [-0.15, -0.1) is 0 Å². The van der Waals surface area contributed by atoms with Crippen molar-refractivity contribution in [2.24, 2.45) is 0 Å². The fourth-order valence-electron chi connectivity index (χ4n) is 1.92. The molecule has 3 nitrogen and oxygen atoms in total. The number of aryl methyl sites for hydroxylation is 1. The summed E-state index contributed by atoms with van der Waals surface area (Å²) >= 11 is 1.70. The van der Waals surface area contributed by atoms with E-state index in [2.05, 4.69) is 47.9 Å². The molecule has 0 saturated carbocycles. The Labute approximate surface area is 112 Å². The summed E-state index contributed by atoms with van der Waals surface area (Å²) in [5.41, 5.74) is 3.39. The molecular formula is C14H19N3S. The van der Waals surface area contributed by atoms with Crippen LogP contribution in [0.1, 0.15) is 31.7 Å². The normalized spacial score (nSPS) is 10.6. The van der Waals surface area contributed by atoms with Crippen molar-refractivity contribution in [2.45, 2.75) is 33.6 Å². The standard InChI is InChI=1S/C14H19N3S/c1-4-6-12-16-13(11-7-8-18-9-11)10(3)14(17-12)15-5-2/h7-9H,4-6H2,1-3H3,(H,15,16,17). The summed E-state index contributed by atoms with van der Waals surface area (Å²) in [6.07, 6.45) is 1.99. The van der Waals surface area contributed by atoms with Gasteiger partial charge in [-0.25, -0.2) is 9.97 Å². The largest absolute Gasteiger partial charge is 0.370 e. The smallest absolute Gasteiger partial charge is 0.133 e. The molecule has 0 aliphatic rings. The van der Waals surface area contributed by atoms with Crippen LogP contribution < -0.4 is 5.32 Å². The van der Waals surface area contributed by atoms with Crippen molar-refractivity contribution in [3.8, 4) is 11.3 Å². The van der Waals surface area contributed by atoms with Gasteiger partial charge in [-0.1, -0.05) is 6.92 Å². The zero-order valence-electron chi connectivity index (χ0n) is 11.2. The summed E-state index contributed by atoms with van der Waals surface area (Å²) in [4.78, 5) is 9.31. The molecule has 2 heterocycles. The lowest BCUT2D eigenvalue weighted by Crippen LogP contribution is -2.07. The summed E-state index contributed by atoms with van der Waals surface area (Å²) < 4.78 is 0. The van der Waals surface area contributed by atoms with Crippen molar-refractivity contribution in [3.05, 3.63) is 28.2 Å². The highest BCUT2D eigenvalue weighted by Gasteiger charge is 2.12. The topological polar surface area (TPSA) is 37.8 Å². The number of anilines is 1. The monoisotopic (exact) mass is 261 g/mol. The maximum Gasteiger partial charge on any atom is 0.133 e. The average molecular weight is 261 g/mol. The van der Waals surface area contributed by atoms with Crippen LogP contribution in [0.15, 0.2) is 16.8 Å². The maximum absolute atomic E-state index is 4.70. The van der Waals surface area contributed by atoms with Gasteiger partial charge in [-0.2, -0.15) is 11.3 Å². The second kappa shape index (κ2) is 5.96. The van der Waals surface area contributed by atoms with Crippen LogP contribution in [0.25, 0.3) is 11.3 Å². The molecular weight excluding hydrogens is 242 g/mol. The van der Waals surface area contributed by atoms with Crippen LogP contribution in [0.5, 0.6) is 0 Å². The number of hydrogen-bond acceptors (Lipinski definition) is 4. The highest BCUT2D eigenvalue weighted by atomic mass is 32.1. The Balaban J connectivity index is 2.49. The summed E-state index contributed by atoms with van der Waals surface area (Å²) in [5, 5.41) is 7.56. The Morgan fingerprint density at radius 3 is 2.72 bits per heavy atom. The highest BCUT2D eigenvalue weighted by molar-refractivity contribution is 7.08. The molecule has 18 heavy (non-hydrogen) atoms. The molecule has 0 unspecified atom stereocenters. The number of rotatable bonds is 5. The Morgan fingerprint density at radius 1 is 1.28 bits per heavy atom. The lowest BCUT2D eigenvalue weighted by atomic mass is 10.1. The molecule has 0 aromatic carbocycles. The Morgan fingerprint density at radius 2 is 2.11 bits per heavy atom. The minimum atomic E-state index is 0.881. The van der Waals surface area contributed by atoms with Crippen molar-refractivity contribution in [1.82, 2.24) is 9.97 Å². The maximum atomic E-state index is 4.70. The first kappa shape index (κ1) is 13.0. The van der Waals surface area contributed by atoms with E-state index in [-0.39, 0.29) is 0 Å². The van der Waals surface area contributed by atoms with Crippen molar-refractivity contribution < 1.29 is 0 Å². The third-order valence-electron chi connectivity index (χ3n) is 2.80. The van der Waals surface area contributed by atoms with E-state index in [9.17, 15) is 0 Å². The van der Waals surface area contributed by atoms with E-state index in [0.717, 1.165) is 42.3 Å². The molecule has 0 saturated heterocycles. The van der Waals surface area contributed by atoms with E-state index in [1.807, 2.05) is 0 Å². The third kappa shape index (κ3) is 2.70. The van der Waals surface area contributed by atoms with E-state index in [4.69, 9.17) is 4.98 Å². The molecule has 0 amide bonds. The zero-order valence-corrected chi connectivity index (χ0v) is 12.0. The third-order valence-corrected chi connectivity index (χ3v) is 3.49. The Bertz CT molecular complexity index is 506. The van der Waals surface area contributed by atoms with Crippen molar-refractivity contribution in [3.63, 3.8) is 0 Å². The number of thiophene rings is 1. The van der Waals surface area contributed by atoms with Gasteiger partial charge in [0.15, 0.2) is 0 Å². The van der Waals surface area contributed by atoms with Gasteiger partial charge in [0, 0.05) is 29.5 Å². The predicted octanol–water partition coefficient (Wildman–Crippen LogP) is 3.90. The zero-order chi connectivity index (χ0) is 13.0. The Hall–Kier alpha value is -1.42. The highest BCUT2D eigenvalue weighted by Crippen LogP contribution is 2.27. The number of nitrogens with one attached hydrogen (secondary N) is 1. The summed E-state index contributed by atoms with van der Waals surface area (Å²) in [6, 6.07) is 2.12. The van der Waals surface area contributed by atoms with Gasteiger partial charge in [-0.05, 0) is 31.7 Å². The second-order valence-electron chi connectivity index (χ2n) is 4.25. The van der Waals surface area contributed by atoms with Crippen LogP contribution in [0.2, 0.25) is 0 Å². The first-order valence-electron chi connectivity index (χ1n) is 6.40. The quantitative estimate of drug-likeness (QED) is 0.887. The fraction of sp³-hybridized carbons (Fsp3) is 0.429. The molecule has 4 heteroatoms. The molecule has 0 radical (unpaired) electrons. The van der Waals surface area contributed by atoms with Crippen LogP contribution in [0.4, 0.5) is 5.82 Å². The first-order chi connectivity index (χ1) is 8.76. The Kier molecular flexibility index (Phi) is 4.31. The van der Waals surface area contributed by atoms with Crippen molar-refractivity contribution >= 4 is 17.2 Å². The number of aromatic nitrogens is 2. The van der Waals surface area contributed by atoms with Gasteiger partial charge in [0.05, 0.1) is 5.69 Å². The summed E-state index contributed by atoms with van der Waals surface area (Å²) in [5.74, 6) is 1.90. The second-order valence-corrected chi connectivity index (χ2v) is 5.03. The molecule has 96 valence electrons. The van der Waals surface area contributed by atoms with Crippen LogP contribution in [-0.4, -0.2) is 16.5 Å². The minimum Gasteiger partial charge on any atom is -0.370 e. The average Bonchev–Trinajstić information content (AvgIpc) is 2.87. The van der Waals surface area contributed by atoms with Crippen LogP contribution in [-0.2, 0) is 6.42 Å². The lowest BCUT2D eigenvalue weighted by Gasteiger charge is -2.12. The molecule has 0 aliphatic carbocycles. The van der Waals surface area contributed by atoms with E-state index < -0.39 is 0 Å².